The molecule has 26 heavy (non-hydrogen) atoms. The summed E-state index contributed by atoms with van der Waals surface area (Å²) in [6.07, 6.45) is 2.74. The van der Waals surface area contributed by atoms with Gasteiger partial charge in [0.15, 0.2) is 0 Å². The molecule has 0 bridgehead atoms. The maximum atomic E-state index is 5.00. The summed E-state index contributed by atoms with van der Waals surface area (Å²) < 4.78 is 1.08. The molecule has 2 heterocycles. The topological polar surface area (TPSA) is 25.8 Å². The monoisotopic (exact) mass is 398 g/mol. The normalized spacial score (nSPS) is 11.9. The Labute approximate surface area is 160 Å². The smallest absolute Gasteiger partial charge is 0.0900 e. The number of fused-ring (bicyclic) bond motifs is 3. The summed E-state index contributed by atoms with van der Waals surface area (Å²) in [5.74, 6) is 0. The minimum atomic E-state index is 0.901. The zero-order valence-electron chi connectivity index (χ0n) is 14.0. The zero-order chi connectivity index (χ0) is 17.5. The summed E-state index contributed by atoms with van der Waals surface area (Å²) in [7, 11) is 0. The predicted molar refractivity (Wildman–Crippen MR) is 109 cm³/mol. The molecule has 0 amide bonds. The third-order valence-corrected chi connectivity index (χ3v) is 5.38. The first-order chi connectivity index (χ1) is 12.8. The maximum absolute atomic E-state index is 5.00. The van der Waals surface area contributed by atoms with Crippen LogP contribution in [0.25, 0.3) is 33.8 Å². The molecule has 0 saturated carbocycles. The Bertz CT molecular complexity index is 1100. The van der Waals surface area contributed by atoms with Crippen LogP contribution in [0.3, 0.4) is 0 Å². The Kier molecular flexibility index (Phi) is 3.68. The quantitative estimate of drug-likeness (QED) is 0.356. The largest absolute Gasteiger partial charge is 0.255 e. The van der Waals surface area contributed by atoms with Gasteiger partial charge in [0.2, 0.25) is 0 Å². The molecule has 0 fully saturated rings. The number of aromatic nitrogens is 2. The average Bonchev–Trinajstić information content (AvgIpc) is 3.07. The Morgan fingerprint density at radius 1 is 0.769 bits per heavy atom. The third-order valence-electron chi connectivity index (χ3n) is 4.85. The van der Waals surface area contributed by atoms with Gasteiger partial charge in [-0.05, 0) is 52.6 Å². The summed E-state index contributed by atoms with van der Waals surface area (Å²) in [5.41, 5.74) is 9.22. The number of hydrogen-bond acceptors (Lipinski definition) is 2. The van der Waals surface area contributed by atoms with Crippen molar-refractivity contribution in [3.8, 4) is 33.8 Å². The highest BCUT2D eigenvalue weighted by atomic mass is 79.9. The molecule has 4 aromatic rings. The second-order valence-corrected chi connectivity index (χ2v) is 7.35. The lowest BCUT2D eigenvalue weighted by Crippen LogP contribution is -1.95. The number of nitrogens with zero attached hydrogens (tertiary/aromatic N) is 2. The highest BCUT2D eigenvalue weighted by Crippen LogP contribution is 2.42. The van der Waals surface area contributed by atoms with Crippen molar-refractivity contribution in [1.29, 1.82) is 0 Å². The lowest BCUT2D eigenvalue weighted by Gasteiger charge is -2.12. The van der Waals surface area contributed by atoms with Crippen molar-refractivity contribution in [3.63, 3.8) is 0 Å². The molecule has 1 aliphatic carbocycles. The highest BCUT2D eigenvalue weighted by molar-refractivity contribution is 9.10. The van der Waals surface area contributed by atoms with Crippen molar-refractivity contribution >= 4 is 15.9 Å². The number of halogens is 1. The van der Waals surface area contributed by atoms with Crippen LogP contribution < -0.4 is 0 Å². The van der Waals surface area contributed by atoms with Crippen molar-refractivity contribution in [3.05, 3.63) is 94.6 Å². The first-order valence-electron chi connectivity index (χ1n) is 8.59. The van der Waals surface area contributed by atoms with Crippen molar-refractivity contribution < 1.29 is 0 Å². The molecule has 2 nitrogen and oxygen atoms in total. The van der Waals surface area contributed by atoms with Gasteiger partial charge in [0.1, 0.15) is 0 Å². The molecule has 0 unspecified atom stereocenters. The van der Waals surface area contributed by atoms with E-state index in [0.717, 1.165) is 28.0 Å². The molecule has 5 rings (SSSR count). The number of hydrogen-bond donors (Lipinski definition) is 0. The van der Waals surface area contributed by atoms with Crippen LogP contribution >= 0.6 is 15.9 Å². The van der Waals surface area contributed by atoms with Crippen LogP contribution in [0.2, 0.25) is 0 Å². The Balaban J connectivity index is 1.78. The minimum absolute atomic E-state index is 0.901. The summed E-state index contributed by atoms with van der Waals surface area (Å²) in [6.45, 7) is 0. The highest BCUT2D eigenvalue weighted by Gasteiger charge is 2.24. The van der Waals surface area contributed by atoms with Crippen molar-refractivity contribution in [1.82, 2.24) is 9.97 Å². The van der Waals surface area contributed by atoms with Crippen LogP contribution in [0.1, 0.15) is 11.1 Å². The van der Waals surface area contributed by atoms with E-state index in [9.17, 15) is 0 Å². The summed E-state index contributed by atoms with van der Waals surface area (Å²) >= 11 is 3.53. The van der Waals surface area contributed by atoms with E-state index in [4.69, 9.17) is 4.98 Å². The van der Waals surface area contributed by atoms with Gasteiger partial charge >= 0.3 is 0 Å². The second kappa shape index (κ2) is 6.19. The van der Waals surface area contributed by atoms with E-state index < -0.39 is 0 Å². The number of rotatable bonds is 2. The van der Waals surface area contributed by atoms with Gasteiger partial charge in [-0.2, -0.15) is 0 Å². The van der Waals surface area contributed by atoms with Gasteiger partial charge in [-0.15, -0.1) is 0 Å². The van der Waals surface area contributed by atoms with Gasteiger partial charge in [0.05, 0.1) is 17.1 Å². The van der Waals surface area contributed by atoms with E-state index in [0.29, 0.717) is 0 Å². The van der Waals surface area contributed by atoms with Crippen molar-refractivity contribution in [2.24, 2.45) is 0 Å². The van der Waals surface area contributed by atoms with Gasteiger partial charge in [-0.1, -0.05) is 58.4 Å². The molecular formula is C23H15BrN2. The molecular weight excluding hydrogens is 384 g/mol. The van der Waals surface area contributed by atoms with E-state index in [-0.39, 0.29) is 0 Å². The Morgan fingerprint density at radius 3 is 2.38 bits per heavy atom. The summed E-state index contributed by atoms with van der Waals surface area (Å²) in [4.78, 5) is 9.51. The molecule has 0 saturated heterocycles. The molecule has 3 heteroatoms. The molecule has 124 valence electrons. The fourth-order valence-electron chi connectivity index (χ4n) is 3.60. The fourth-order valence-corrected chi connectivity index (χ4v) is 3.87. The van der Waals surface area contributed by atoms with Gasteiger partial charge in [-0.3, -0.25) is 4.98 Å². The summed E-state index contributed by atoms with van der Waals surface area (Å²) in [6, 6.07) is 25.2. The molecule has 0 spiro atoms. The van der Waals surface area contributed by atoms with Crippen molar-refractivity contribution in [2.45, 2.75) is 6.42 Å². The SMILES string of the molecule is Brc1ccc(-c2cc(-c3ccccn3)nc3c2Cc2ccccc2-3)cc1. The second-order valence-electron chi connectivity index (χ2n) is 6.44. The Morgan fingerprint density at radius 2 is 1.58 bits per heavy atom. The zero-order valence-corrected chi connectivity index (χ0v) is 15.6. The van der Waals surface area contributed by atoms with Gasteiger partial charge in [-0.25, -0.2) is 4.98 Å². The van der Waals surface area contributed by atoms with E-state index in [1.54, 1.807) is 0 Å². The van der Waals surface area contributed by atoms with Gasteiger partial charge in [0.25, 0.3) is 0 Å². The van der Waals surface area contributed by atoms with E-state index in [1.807, 2.05) is 24.4 Å². The van der Waals surface area contributed by atoms with Crippen LogP contribution in [-0.4, -0.2) is 9.97 Å². The molecule has 0 N–H and O–H groups in total. The summed E-state index contributed by atoms with van der Waals surface area (Å²) in [5, 5.41) is 0. The molecule has 2 aromatic carbocycles. The lowest BCUT2D eigenvalue weighted by molar-refractivity contribution is 1.21. The predicted octanol–water partition coefficient (Wildman–Crippen LogP) is 6.14. The number of pyridine rings is 2. The molecule has 0 radical (unpaired) electrons. The first-order valence-corrected chi connectivity index (χ1v) is 9.38. The van der Waals surface area contributed by atoms with E-state index in [2.05, 4.69) is 75.5 Å². The van der Waals surface area contributed by atoms with Crippen molar-refractivity contribution in [2.75, 3.05) is 0 Å². The minimum Gasteiger partial charge on any atom is -0.255 e. The van der Waals surface area contributed by atoms with Gasteiger partial charge < -0.3 is 0 Å². The van der Waals surface area contributed by atoms with Crippen LogP contribution in [0.15, 0.2) is 83.5 Å². The standard InChI is InChI=1S/C23H15BrN2/c24-17-10-8-15(9-11-17)19-14-22(21-7-3-4-12-25-21)26-23-18-6-2-1-5-16(18)13-20(19)23/h1-12,14H,13H2. The first kappa shape index (κ1) is 15.5. The molecule has 1 aliphatic rings. The van der Waals surface area contributed by atoms with Crippen LogP contribution in [0.4, 0.5) is 0 Å². The lowest BCUT2D eigenvalue weighted by atomic mass is 9.97. The van der Waals surface area contributed by atoms with Crippen LogP contribution in [0.5, 0.6) is 0 Å². The number of benzene rings is 2. The van der Waals surface area contributed by atoms with Crippen LogP contribution in [0, 0.1) is 0 Å². The molecule has 2 aromatic heterocycles. The van der Waals surface area contributed by atoms with E-state index in [1.165, 1.54) is 27.8 Å². The van der Waals surface area contributed by atoms with Crippen LogP contribution in [-0.2, 0) is 6.42 Å². The molecule has 0 aliphatic heterocycles. The molecule has 0 atom stereocenters. The van der Waals surface area contributed by atoms with Gasteiger partial charge in [0, 0.05) is 22.7 Å². The third kappa shape index (κ3) is 2.56. The Hall–Kier alpha value is -2.78. The maximum Gasteiger partial charge on any atom is 0.0900 e. The fraction of sp³-hybridized carbons (Fsp3) is 0.0435. The van der Waals surface area contributed by atoms with E-state index >= 15 is 0 Å². The average molecular weight is 399 g/mol.